The van der Waals surface area contributed by atoms with E-state index in [0.29, 0.717) is 39.0 Å². The number of pyridine rings is 2. The Balaban J connectivity index is 0.000000559. The number of hydrogen-bond donors (Lipinski definition) is 2. The second kappa shape index (κ2) is 13.4. The molecule has 206 valence electrons. The number of hydrogen-bond acceptors (Lipinski definition) is 8. The number of aliphatic carboxylic acids is 1. The number of carboxylic acid groups (broad SMARTS) is 1. The Bertz CT molecular complexity index is 1450. The number of carbonyl (C=O) groups excluding carboxylic acids is 1. The van der Waals surface area contributed by atoms with E-state index in [1.165, 1.54) is 18.7 Å². The second-order valence-corrected chi connectivity index (χ2v) is 9.46. The van der Waals surface area contributed by atoms with E-state index in [0.717, 1.165) is 37.1 Å². The Kier molecular flexibility index (Phi) is 10.1. The topological polar surface area (TPSA) is 143 Å². The molecular weight excluding hydrogens is 545 g/mol. The Hall–Kier alpha value is -4.62. The number of carbonyl (C=O) groups is 2. The van der Waals surface area contributed by atoms with Crippen LogP contribution in [0.25, 0.3) is 11.1 Å². The lowest BCUT2D eigenvalue weighted by Gasteiger charge is -2.22. The van der Waals surface area contributed by atoms with Crippen LogP contribution in [0.4, 0.5) is 24.7 Å². The van der Waals surface area contributed by atoms with Gasteiger partial charge in [-0.3, -0.25) is 9.78 Å². The quantitative estimate of drug-likeness (QED) is 0.375. The Morgan fingerprint density at radius 1 is 1.10 bits per heavy atom. The number of anilines is 2. The highest BCUT2D eigenvalue weighted by Crippen LogP contribution is 2.39. The molecule has 3 aromatic rings. The van der Waals surface area contributed by atoms with Gasteiger partial charge in [-0.25, -0.2) is 9.78 Å². The fraction of sp³-hybridized carbons (Fsp3) is 0.259. The molecule has 1 aromatic carbocycles. The SMILES string of the molecule is CC(=O)Nc1ccc(-c2c(C#N)c(SCc3cccnc3)nc(N3CCCC3)c2C#N)cc1.O=C(O)C(F)(F)F. The van der Waals surface area contributed by atoms with E-state index < -0.39 is 12.1 Å². The maximum absolute atomic E-state index is 11.4. The first-order valence-electron chi connectivity index (χ1n) is 11.9. The van der Waals surface area contributed by atoms with Gasteiger partial charge < -0.3 is 15.3 Å². The lowest BCUT2D eigenvalue weighted by Crippen LogP contribution is -2.21. The molecule has 9 nitrogen and oxygen atoms in total. The van der Waals surface area contributed by atoms with Crippen molar-refractivity contribution in [2.45, 2.75) is 36.7 Å². The van der Waals surface area contributed by atoms with Crippen molar-refractivity contribution < 1.29 is 27.9 Å². The van der Waals surface area contributed by atoms with Gasteiger partial charge in [-0.2, -0.15) is 23.7 Å². The van der Waals surface area contributed by atoms with Crippen LogP contribution in [0.3, 0.4) is 0 Å². The minimum absolute atomic E-state index is 0.160. The highest BCUT2D eigenvalue weighted by atomic mass is 32.2. The molecule has 3 heterocycles. The van der Waals surface area contributed by atoms with Crippen molar-refractivity contribution in [1.82, 2.24) is 9.97 Å². The van der Waals surface area contributed by atoms with Crippen molar-refractivity contribution in [2.75, 3.05) is 23.3 Å². The number of rotatable bonds is 6. The highest BCUT2D eigenvalue weighted by Gasteiger charge is 2.38. The minimum atomic E-state index is -5.08. The standard InChI is InChI=1S/C25H22N6OS.C2HF3O2/c1-17(32)29-20-8-6-19(7-9-20)23-21(13-26)24(31-11-2-3-12-31)30-25(22(23)14-27)33-16-18-5-4-10-28-15-18;3-2(4,5)1(6)7/h4-10,15H,2-3,11-12,16H2,1H3,(H,29,32);(H,6,7). The average Bonchev–Trinajstić information content (AvgIpc) is 3.46. The first-order valence-corrected chi connectivity index (χ1v) is 12.9. The van der Waals surface area contributed by atoms with Crippen LogP contribution in [0, 0.1) is 22.7 Å². The van der Waals surface area contributed by atoms with Crippen molar-refractivity contribution >= 4 is 35.1 Å². The van der Waals surface area contributed by atoms with Crippen LogP contribution < -0.4 is 10.2 Å². The summed E-state index contributed by atoms with van der Waals surface area (Å²) < 4.78 is 31.7. The first kappa shape index (κ1) is 29.9. The van der Waals surface area contributed by atoms with E-state index in [1.807, 2.05) is 24.3 Å². The third-order valence-electron chi connectivity index (χ3n) is 5.61. The Labute approximate surface area is 232 Å². The summed E-state index contributed by atoms with van der Waals surface area (Å²) in [5.41, 5.74) is 3.80. The van der Waals surface area contributed by atoms with E-state index in [4.69, 9.17) is 14.9 Å². The molecule has 0 spiro atoms. The van der Waals surface area contributed by atoms with Gasteiger partial charge in [-0.1, -0.05) is 18.2 Å². The van der Waals surface area contributed by atoms with Crippen LogP contribution in [0.2, 0.25) is 0 Å². The molecule has 1 saturated heterocycles. The molecule has 4 rings (SSSR count). The molecule has 1 amide bonds. The molecule has 0 atom stereocenters. The van der Waals surface area contributed by atoms with Crippen LogP contribution in [-0.2, 0) is 15.3 Å². The van der Waals surface area contributed by atoms with E-state index in [1.54, 1.807) is 24.5 Å². The minimum Gasteiger partial charge on any atom is -0.475 e. The molecule has 2 aromatic heterocycles. The zero-order valence-corrected chi connectivity index (χ0v) is 22.0. The summed E-state index contributed by atoms with van der Waals surface area (Å²) in [5.74, 6) is -1.68. The smallest absolute Gasteiger partial charge is 0.475 e. The van der Waals surface area contributed by atoms with Gasteiger partial charge >= 0.3 is 12.1 Å². The van der Waals surface area contributed by atoms with Crippen LogP contribution in [0.1, 0.15) is 36.5 Å². The fourth-order valence-corrected chi connectivity index (χ4v) is 4.79. The second-order valence-electron chi connectivity index (χ2n) is 8.49. The molecule has 0 unspecified atom stereocenters. The first-order chi connectivity index (χ1) is 19.0. The summed E-state index contributed by atoms with van der Waals surface area (Å²) in [7, 11) is 0. The number of halogens is 3. The number of nitrogens with zero attached hydrogens (tertiary/aromatic N) is 5. The summed E-state index contributed by atoms with van der Waals surface area (Å²) in [5, 5.41) is 30.7. The van der Waals surface area contributed by atoms with E-state index in [-0.39, 0.29) is 5.91 Å². The molecule has 0 saturated carbocycles. The van der Waals surface area contributed by atoms with Gasteiger partial charge in [-0.15, -0.1) is 11.8 Å². The maximum Gasteiger partial charge on any atom is 0.490 e. The zero-order valence-electron chi connectivity index (χ0n) is 21.2. The molecule has 0 bridgehead atoms. The van der Waals surface area contributed by atoms with Gasteiger partial charge in [0.05, 0.1) is 5.56 Å². The number of alkyl halides is 3. The highest BCUT2D eigenvalue weighted by molar-refractivity contribution is 7.98. The lowest BCUT2D eigenvalue weighted by molar-refractivity contribution is -0.192. The van der Waals surface area contributed by atoms with E-state index in [2.05, 4.69) is 27.3 Å². The number of nitriles is 2. The normalized spacial score (nSPS) is 12.5. The fourth-order valence-electron chi connectivity index (χ4n) is 3.87. The number of carboxylic acids is 1. The molecule has 1 fully saturated rings. The maximum atomic E-state index is 11.4. The van der Waals surface area contributed by atoms with Gasteiger partial charge in [0.2, 0.25) is 5.91 Å². The zero-order chi connectivity index (χ0) is 29.3. The molecular formula is C27H23F3N6O3S. The summed E-state index contributed by atoms with van der Waals surface area (Å²) in [4.78, 5) is 31.4. The number of thioether (sulfide) groups is 1. The van der Waals surface area contributed by atoms with Crippen LogP contribution in [-0.4, -0.2) is 46.2 Å². The van der Waals surface area contributed by atoms with Crippen molar-refractivity contribution in [1.29, 1.82) is 10.5 Å². The molecule has 0 radical (unpaired) electrons. The number of benzene rings is 1. The van der Waals surface area contributed by atoms with Gasteiger partial charge in [0, 0.05) is 49.4 Å². The summed E-state index contributed by atoms with van der Waals surface area (Å²) in [6, 6.07) is 15.7. The van der Waals surface area contributed by atoms with Gasteiger partial charge in [0.15, 0.2) is 0 Å². The Morgan fingerprint density at radius 3 is 2.23 bits per heavy atom. The molecule has 13 heteroatoms. The third-order valence-corrected chi connectivity index (χ3v) is 6.66. The predicted octanol–water partition coefficient (Wildman–Crippen LogP) is 5.37. The Morgan fingerprint density at radius 2 is 1.73 bits per heavy atom. The van der Waals surface area contributed by atoms with Crippen molar-refractivity contribution in [3.8, 4) is 23.3 Å². The van der Waals surface area contributed by atoms with Crippen LogP contribution in [0.5, 0.6) is 0 Å². The molecule has 1 aliphatic rings. The molecule has 2 N–H and O–H groups in total. The number of amides is 1. The van der Waals surface area contributed by atoms with Gasteiger partial charge in [0.1, 0.15) is 28.5 Å². The van der Waals surface area contributed by atoms with Crippen LogP contribution in [0.15, 0.2) is 53.8 Å². The van der Waals surface area contributed by atoms with Crippen molar-refractivity contribution in [3.63, 3.8) is 0 Å². The number of aromatic nitrogens is 2. The van der Waals surface area contributed by atoms with E-state index in [9.17, 15) is 28.5 Å². The molecule has 0 aliphatic carbocycles. The van der Waals surface area contributed by atoms with Crippen molar-refractivity contribution in [3.05, 3.63) is 65.5 Å². The van der Waals surface area contributed by atoms with E-state index >= 15 is 0 Å². The van der Waals surface area contributed by atoms with Crippen LogP contribution >= 0.6 is 11.8 Å². The third kappa shape index (κ3) is 7.71. The van der Waals surface area contributed by atoms with Gasteiger partial charge in [-0.05, 0) is 42.2 Å². The summed E-state index contributed by atoms with van der Waals surface area (Å²) in [6.07, 6.45) is 0.533. The lowest BCUT2D eigenvalue weighted by atomic mass is 9.96. The monoisotopic (exact) mass is 568 g/mol. The average molecular weight is 569 g/mol. The molecule has 40 heavy (non-hydrogen) atoms. The summed E-state index contributed by atoms with van der Waals surface area (Å²) in [6.45, 7) is 3.12. The largest absolute Gasteiger partial charge is 0.490 e. The van der Waals surface area contributed by atoms with Crippen molar-refractivity contribution in [2.24, 2.45) is 0 Å². The summed E-state index contributed by atoms with van der Waals surface area (Å²) >= 11 is 1.47. The molecule has 1 aliphatic heterocycles. The predicted molar refractivity (Wildman–Crippen MR) is 142 cm³/mol. The van der Waals surface area contributed by atoms with Gasteiger partial charge in [0.25, 0.3) is 0 Å². The number of nitrogens with one attached hydrogen (secondary N) is 1.